The van der Waals surface area contributed by atoms with Crippen molar-refractivity contribution in [3.63, 3.8) is 0 Å². The standard InChI is InChI=1S/C17H16N2O3S/c18-10-6-12-22-16-13-19-11-5-4-9-15(19)17(16)23(20,21)14-7-2-1-3-8-14/h1-11,13H,12,18H2. The van der Waals surface area contributed by atoms with Gasteiger partial charge in [0.25, 0.3) is 0 Å². The predicted molar refractivity (Wildman–Crippen MR) is 88.1 cm³/mol. The van der Waals surface area contributed by atoms with Gasteiger partial charge in [0.05, 0.1) is 16.6 Å². The first-order chi connectivity index (χ1) is 11.1. The lowest BCUT2D eigenvalue weighted by Crippen LogP contribution is -2.04. The summed E-state index contributed by atoms with van der Waals surface area (Å²) in [6.45, 7) is 0.199. The van der Waals surface area contributed by atoms with Crippen LogP contribution >= 0.6 is 0 Å². The molecule has 1 aromatic carbocycles. The Hall–Kier alpha value is -2.73. The van der Waals surface area contributed by atoms with Gasteiger partial charge in [-0.15, -0.1) is 0 Å². The molecule has 0 bridgehead atoms. The average molecular weight is 328 g/mol. The molecule has 0 radical (unpaired) electrons. The van der Waals surface area contributed by atoms with Crippen molar-refractivity contribution < 1.29 is 13.2 Å². The molecular formula is C17H16N2O3S. The summed E-state index contributed by atoms with van der Waals surface area (Å²) >= 11 is 0. The monoisotopic (exact) mass is 328 g/mol. The second-order valence-corrected chi connectivity index (χ2v) is 6.76. The van der Waals surface area contributed by atoms with Crippen molar-refractivity contribution in [3.05, 3.63) is 73.2 Å². The van der Waals surface area contributed by atoms with Crippen LogP contribution in [0.4, 0.5) is 0 Å². The number of benzene rings is 1. The number of fused-ring (bicyclic) bond motifs is 1. The fourth-order valence-electron chi connectivity index (χ4n) is 2.36. The minimum absolute atomic E-state index is 0.162. The van der Waals surface area contributed by atoms with E-state index in [2.05, 4.69) is 0 Å². The number of rotatable bonds is 5. The van der Waals surface area contributed by atoms with Crippen molar-refractivity contribution in [2.45, 2.75) is 9.79 Å². The Morgan fingerprint density at radius 1 is 1.09 bits per heavy atom. The second kappa shape index (κ2) is 6.18. The first-order valence-electron chi connectivity index (χ1n) is 7.04. The first-order valence-corrected chi connectivity index (χ1v) is 8.52. The number of pyridine rings is 1. The van der Waals surface area contributed by atoms with Gasteiger partial charge in [-0.3, -0.25) is 0 Å². The molecule has 0 fully saturated rings. The van der Waals surface area contributed by atoms with Gasteiger partial charge in [-0.25, -0.2) is 8.42 Å². The molecule has 118 valence electrons. The SMILES string of the molecule is NC=CCOc1cn2ccccc2c1S(=O)(=O)c1ccccc1. The molecule has 0 amide bonds. The fraction of sp³-hybridized carbons (Fsp3) is 0.0588. The molecule has 0 saturated carbocycles. The molecule has 0 aliphatic carbocycles. The molecule has 2 aromatic heterocycles. The summed E-state index contributed by atoms with van der Waals surface area (Å²) in [6, 6.07) is 13.7. The van der Waals surface area contributed by atoms with Crippen LogP contribution in [0, 0.1) is 0 Å². The molecule has 0 spiro atoms. The Bertz CT molecular complexity index is 944. The molecule has 23 heavy (non-hydrogen) atoms. The highest BCUT2D eigenvalue weighted by Gasteiger charge is 2.26. The van der Waals surface area contributed by atoms with E-state index >= 15 is 0 Å². The third kappa shape index (κ3) is 2.80. The predicted octanol–water partition coefficient (Wildman–Crippen LogP) is 2.62. The molecule has 3 aromatic rings. The van der Waals surface area contributed by atoms with Crippen LogP contribution in [-0.4, -0.2) is 19.4 Å². The van der Waals surface area contributed by atoms with Gasteiger partial charge in [0.15, 0.2) is 5.75 Å². The Morgan fingerprint density at radius 2 is 1.83 bits per heavy atom. The number of hydrogen-bond donors (Lipinski definition) is 1. The third-order valence-corrected chi connectivity index (χ3v) is 5.24. The van der Waals surface area contributed by atoms with E-state index in [0.29, 0.717) is 11.3 Å². The maximum absolute atomic E-state index is 13.0. The van der Waals surface area contributed by atoms with Crippen LogP contribution in [0.5, 0.6) is 5.75 Å². The highest BCUT2D eigenvalue weighted by atomic mass is 32.2. The van der Waals surface area contributed by atoms with Gasteiger partial charge in [0.1, 0.15) is 11.5 Å². The summed E-state index contributed by atoms with van der Waals surface area (Å²) in [7, 11) is -3.69. The van der Waals surface area contributed by atoms with Crippen molar-refractivity contribution in [1.82, 2.24) is 4.40 Å². The quantitative estimate of drug-likeness (QED) is 0.781. The molecule has 6 heteroatoms. The second-order valence-electron chi connectivity index (χ2n) is 4.87. The largest absolute Gasteiger partial charge is 0.486 e. The summed E-state index contributed by atoms with van der Waals surface area (Å²) in [5.74, 6) is 0.304. The summed E-state index contributed by atoms with van der Waals surface area (Å²) in [4.78, 5) is 0.394. The van der Waals surface area contributed by atoms with E-state index < -0.39 is 9.84 Å². The van der Waals surface area contributed by atoms with Crippen LogP contribution < -0.4 is 10.5 Å². The Kier molecular flexibility index (Phi) is 4.08. The maximum Gasteiger partial charge on any atom is 0.212 e. The van der Waals surface area contributed by atoms with E-state index in [1.54, 1.807) is 65.3 Å². The first kappa shape index (κ1) is 15.2. The van der Waals surface area contributed by atoms with Gasteiger partial charge in [-0.1, -0.05) is 24.3 Å². The fourth-order valence-corrected chi connectivity index (χ4v) is 3.93. The minimum atomic E-state index is -3.69. The lowest BCUT2D eigenvalue weighted by molar-refractivity contribution is 0.354. The number of nitrogens with zero attached hydrogens (tertiary/aromatic N) is 1. The van der Waals surface area contributed by atoms with Crippen molar-refractivity contribution in [2.75, 3.05) is 6.61 Å². The van der Waals surface area contributed by atoms with E-state index in [9.17, 15) is 8.42 Å². The van der Waals surface area contributed by atoms with Crippen LogP contribution in [0.2, 0.25) is 0 Å². The number of nitrogens with two attached hydrogens (primary N) is 1. The average Bonchev–Trinajstić information content (AvgIpc) is 2.95. The molecule has 2 N–H and O–H groups in total. The number of ether oxygens (including phenoxy) is 1. The van der Waals surface area contributed by atoms with E-state index in [0.717, 1.165) is 0 Å². The summed E-state index contributed by atoms with van der Waals surface area (Å²) in [5.41, 5.74) is 5.87. The van der Waals surface area contributed by atoms with Crippen LogP contribution in [0.1, 0.15) is 0 Å². The van der Waals surface area contributed by atoms with Gasteiger partial charge >= 0.3 is 0 Å². The zero-order valence-electron chi connectivity index (χ0n) is 12.3. The van der Waals surface area contributed by atoms with E-state index in [1.165, 1.54) is 6.20 Å². The smallest absolute Gasteiger partial charge is 0.212 e. The molecular weight excluding hydrogens is 312 g/mol. The molecule has 0 atom stereocenters. The molecule has 2 heterocycles. The lowest BCUT2D eigenvalue weighted by Gasteiger charge is -2.07. The van der Waals surface area contributed by atoms with Gasteiger partial charge in [-0.05, 0) is 36.5 Å². The van der Waals surface area contributed by atoms with E-state index in [4.69, 9.17) is 10.5 Å². The minimum Gasteiger partial charge on any atom is -0.486 e. The zero-order valence-corrected chi connectivity index (χ0v) is 13.1. The summed E-state index contributed by atoms with van der Waals surface area (Å²) < 4.78 is 33.4. The van der Waals surface area contributed by atoms with E-state index in [-0.39, 0.29) is 16.4 Å². The van der Waals surface area contributed by atoms with Crippen molar-refractivity contribution in [1.29, 1.82) is 0 Å². The van der Waals surface area contributed by atoms with Crippen LogP contribution in [0.15, 0.2) is 83.0 Å². The van der Waals surface area contributed by atoms with Crippen molar-refractivity contribution in [2.24, 2.45) is 5.73 Å². The molecule has 0 aliphatic rings. The Labute approximate surface area is 134 Å². The highest BCUT2D eigenvalue weighted by molar-refractivity contribution is 7.91. The van der Waals surface area contributed by atoms with Gasteiger partial charge < -0.3 is 14.9 Å². The number of sulfone groups is 1. The summed E-state index contributed by atoms with van der Waals surface area (Å²) in [5, 5.41) is 0. The Balaban J connectivity index is 2.20. The number of hydrogen-bond acceptors (Lipinski definition) is 4. The molecule has 0 saturated heterocycles. The molecule has 0 unspecified atom stereocenters. The van der Waals surface area contributed by atoms with Crippen LogP contribution in [0.25, 0.3) is 5.52 Å². The van der Waals surface area contributed by atoms with Crippen molar-refractivity contribution in [3.8, 4) is 5.75 Å². The number of aromatic nitrogens is 1. The van der Waals surface area contributed by atoms with Gasteiger partial charge in [-0.2, -0.15) is 0 Å². The van der Waals surface area contributed by atoms with Crippen LogP contribution in [-0.2, 0) is 9.84 Å². The Morgan fingerprint density at radius 3 is 2.57 bits per heavy atom. The maximum atomic E-state index is 13.0. The highest BCUT2D eigenvalue weighted by Crippen LogP contribution is 2.34. The molecule has 0 aliphatic heterocycles. The normalized spacial score (nSPS) is 12.0. The lowest BCUT2D eigenvalue weighted by atomic mass is 10.4. The van der Waals surface area contributed by atoms with E-state index in [1.807, 2.05) is 6.07 Å². The van der Waals surface area contributed by atoms with Gasteiger partial charge in [0, 0.05) is 6.20 Å². The molecule has 3 rings (SSSR count). The third-order valence-electron chi connectivity index (χ3n) is 3.40. The zero-order chi connectivity index (χ0) is 16.3. The van der Waals surface area contributed by atoms with Crippen LogP contribution in [0.3, 0.4) is 0 Å². The molecule has 5 nitrogen and oxygen atoms in total. The van der Waals surface area contributed by atoms with Gasteiger partial charge in [0.2, 0.25) is 9.84 Å². The summed E-state index contributed by atoms with van der Waals surface area (Å²) in [6.07, 6.45) is 6.42. The topological polar surface area (TPSA) is 73.8 Å². The van der Waals surface area contributed by atoms with Crippen molar-refractivity contribution >= 4 is 15.4 Å².